The minimum atomic E-state index is 0.546. The Morgan fingerprint density at radius 1 is 1.26 bits per heavy atom. The van der Waals surface area contributed by atoms with Crippen LogP contribution in [0.5, 0.6) is 0 Å². The fourth-order valence-electron chi connectivity index (χ4n) is 1.75. The fraction of sp³-hybridized carbons (Fsp3) is 0.200. The smallest absolute Gasteiger partial charge is 0.144 e. The first-order chi connectivity index (χ1) is 9.26. The Balaban J connectivity index is 2.43. The first-order valence-corrected chi connectivity index (χ1v) is 6.54. The van der Waals surface area contributed by atoms with E-state index in [9.17, 15) is 0 Å². The predicted octanol–water partition coefficient (Wildman–Crippen LogP) is 4.10. The van der Waals surface area contributed by atoms with Gasteiger partial charge in [0.25, 0.3) is 0 Å². The standard InChI is InChI=1S/C15H14ClN3/c1-2-9-18-15-11(10-17)7-8-14(19-15)12-5-3-4-6-13(12)16/h3-8H,2,9H2,1H3,(H,18,19). The third-order valence-corrected chi connectivity index (χ3v) is 3.04. The van der Waals surface area contributed by atoms with Crippen molar-refractivity contribution in [3.8, 4) is 17.3 Å². The molecule has 0 fully saturated rings. The van der Waals surface area contributed by atoms with Gasteiger partial charge in [-0.25, -0.2) is 4.98 Å². The van der Waals surface area contributed by atoms with Gasteiger partial charge in [-0.2, -0.15) is 5.26 Å². The maximum atomic E-state index is 9.08. The number of hydrogen-bond donors (Lipinski definition) is 1. The summed E-state index contributed by atoms with van der Waals surface area (Å²) in [5.41, 5.74) is 2.18. The van der Waals surface area contributed by atoms with E-state index in [1.54, 1.807) is 6.07 Å². The van der Waals surface area contributed by atoms with Gasteiger partial charge < -0.3 is 5.32 Å². The molecule has 0 atom stereocenters. The molecule has 0 aliphatic carbocycles. The molecule has 1 aromatic heterocycles. The van der Waals surface area contributed by atoms with E-state index < -0.39 is 0 Å². The predicted molar refractivity (Wildman–Crippen MR) is 78.2 cm³/mol. The normalized spacial score (nSPS) is 9.95. The molecule has 0 unspecified atom stereocenters. The number of aromatic nitrogens is 1. The van der Waals surface area contributed by atoms with Crippen molar-refractivity contribution >= 4 is 17.4 Å². The molecule has 19 heavy (non-hydrogen) atoms. The van der Waals surface area contributed by atoms with E-state index in [0.717, 1.165) is 24.2 Å². The van der Waals surface area contributed by atoms with Crippen molar-refractivity contribution in [2.45, 2.75) is 13.3 Å². The van der Waals surface area contributed by atoms with Crippen LogP contribution in [0.25, 0.3) is 11.3 Å². The van der Waals surface area contributed by atoms with Crippen LogP contribution in [0.15, 0.2) is 36.4 Å². The lowest BCUT2D eigenvalue weighted by Crippen LogP contribution is -2.04. The number of nitrogens with one attached hydrogen (secondary N) is 1. The maximum absolute atomic E-state index is 9.08. The van der Waals surface area contributed by atoms with E-state index in [0.29, 0.717) is 16.4 Å². The Labute approximate surface area is 117 Å². The first-order valence-electron chi connectivity index (χ1n) is 6.16. The van der Waals surface area contributed by atoms with Crippen LogP contribution in [0, 0.1) is 11.3 Å². The second kappa shape index (κ2) is 6.21. The lowest BCUT2D eigenvalue weighted by Gasteiger charge is -2.09. The summed E-state index contributed by atoms with van der Waals surface area (Å²) in [4.78, 5) is 4.49. The molecule has 4 heteroatoms. The maximum Gasteiger partial charge on any atom is 0.144 e. The molecule has 0 spiro atoms. The van der Waals surface area contributed by atoms with Crippen LogP contribution in [-0.2, 0) is 0 Å². The molecule has 0 amide bonds. The molecule has 96 valence electrons. The van der Waals surface area contributed by atoms with Gasteiger partial charge in [0.2, 0.25) is 0 Å². The van der Waals surface area contributed by atoms with Gasteiger partial charge in [0.1, 0.15) is 11.9 Å². The molecule has 2 aromatic rings. The lowest BCUT2D eigenvalue weighted by atomic mass is 10.1. The molecule has 3 nitrogen and oxygen atoms in total. The van der Waals surface area contributed by atoms with Gasteiger partial charge >= 0.3 is 0 Å². The Hall–Kier alpha value is -2.05. The Kier molecular flexibility index (Phi) is 4.38. The molecule has 0 radical (unpaired) electrons. The molecule has 1 heterocycles. The van der Waals surface area contributed by atoms with Crippen molar-refractivity contribution in [2.24, 2.45) is 0 Å². The third kappa shape index (κ3) is 3.04. The van der Waals surface area contributed by atoms with Gasteiger partial charge in [-0.1, -0.05) is 36.7 Å². The van der Waals surface area contributed by atoms with Crippen molar-refractivity contribution in [1.29, 1.82) is 5.26 Å². The highest BCUT2D eigenvalue weighted by Gasteiger charge is 2.08. The van der Waals surface area contributed by atoms with Gasteiger partial charge in [-0.3, -0.25) is 0 Å². The summed E-state index contributed by atoms with van der Waals surface area (Å²) in [5.74, 6) is 0.613. The largest absolute Gasteiger partial charge is 0.369 e. The quantitative estimate of drug-likeness (QED) is 0.911. The fourth-order valence-corrected chi connectivity index (χ4v) is 1.98. The van der Waals surface area contributed by atoms with E-state index in [1.807, 2.05) is 30.3 Å². The van der Waals surface area contributed by atoms with E-state index in [2.05, 4.69) is 23.3 Å². The number of nitriles is 1. The molecule has 0 aliphatic rings. The molecular weight excluding hydrogens is 258 g/mol. The van der Waals surface area contributed by atoms with Crippen LogP contribution in [0.1, 0.15) is 18.9 Å². The van der Waals surface area contributed by atoms with Crippen LogP contribution in [0.2, 0.25) is 5.02 Å². The highest BCUT2D eigenvalue weighted by atomic mass is 35.5. The monoisotopic (exact) mass is 271 g/mol. The Bertz CT molecular complexity index is 617. The van der Waals surface area contributed by atoms with Crippen molar-refractivity contribution in [3.63, 3.8) is 0 Å². The SMILES string of the molecule is CCCNc1nc(-c2ccccc2Cl)ccc1C#N. The molecule has 1 aromatic carbocycles. The minimum absolute atomic E-state index is 0.546. The number of nitrogens with zero attached hydrogens (tertiary/aromatic N) is 2. The molecule has 2 rings (SSSR count). The van der Waals surface area contributed by atoms with Crippen LogP contribution in [0.3, 0.4) is 0 Å². The first kappa shape index (κ1) is 13.4. The van der Waals surface area contributed by atoms with Gasteiger partial charge in [0.15, 0.2) is 0 Å². The van der Waals surface area contributed by atoms with E-state index in [1.165, 1.54) is 0 Å². The molecular formula is C15H14ClN3. The summed E-state index contributed by atoms with van der Waals surface area (Å²) in [7, 11) is 0. The third-order valence-electron chi connectivity index (χ3n) is 2.71. The highest BCUT2D eigenvalue weighted by Crippen LogP contribution is 2.27. The molecule has 0 aliphatic heterocycles. The zero-order valence-corrected chi connectivity index (χ0v) is 11.4. The van der Waals surface area contributed by atoms with Crippen molar-refractivity contribution in [1.82, 2.24) is 4.98 Å². The summed E-state index contributed by atoms with van der Waals surface area (Å²) in [6.07, 6.45) is 0.975. The Morgan fingerprint density at radius 2 is 2.05 bits per heavy atom. The highest BCUT2D eigenvalue weighted by molar-refractivity contribution is 6.33. The van der Waals surface area contributed by atoms with Crippen LogP contribution in [-0.4, -0.2) is 11.5 Å². The minimum Gasteiger partial charge on any atom is -0.369 e. The van der Waals surface area contributed by atoms with E-state index >= 15 is 0 Å². The molecule has 0 saturated carbocycles. The van der Waals surface area contributed by atoms with Crippen LogP contribution >= 0.6 is 11.6 Å². The van der Waals surface area contributed by atoms with Gasteiger partial charge in [-0.05, 0) is 24.6 Å². The van der Waals surface area contributed by atoms with E-state index in [4.69, 9.17) is 16.9 Å². The zero-order chi connectivity index (χ0) is 13.7. The number of benzene rings is 1. The molecule has 0 saturated heterocycles. The van der Waals surface area contributed by atoms with Crippen LogP contribution < -0.4 is 5.32 Å². The summed E-state index contributed by atoms with van der Waals surface area (Å²) < 4.78 is 0. The average molecular weight is 272 g/mol. The number of rotatable bonds is 4. The summed E-state index contributed by atoms with van der Waals surface area (Å²) in [6, 6.07) is 13.3. The number of anilines is 1. The summed E-state index contributed by atoms with van der Waals surface area (Å²) in [5, 5.41) is 12.9. The second-order valence-electron chi connectivity index (χ2n) is 4.11. The van der Waals surface area contributed by atoms with Crippen molar-refractivity contribution < 1.29 is 0 Å². The van der Waals surface area contributed by atoms with Gasteiger partial charge in [0, 0.05) is 17.1 Å². The summed E-state index contributed by atoms with van der Waals surface area (Å²) in [6.45, 7) is 2.85. The van der Waals surface area contributed by atoms with Gasteiger partial charge in [0.05, 0.1) is 11.3 Å². The number of hydrogen-bond acceptors (Lipinski definition) is 3. The van der Waals surface area contributed by atoms with E-state index in [-0.39, 0.29) is 0 Å². The average Bonchev–Trinajstić information content (AvgIpc) is 2.45. The Morgan fingerprint density at radius 3 is 2.74 bits per heavy atom. The van der Waals surface area contributed by atoms with Crippen LogP contribution in [0.4, 0.5) is 5.82 Å². The number of halogens is 1. The number of pyridine rings is 1. The summed E-state index contributed by atoms with van der Waals surface area (Å²) >= 11 is 6.16. The lowest BCUT2D eigenvalue weighted by molar-refractivity contribution is 0.968. The molecule has 0 bridgehead atoms. The van der Waals surface area contributed by atoms with Gasteiger partial charge in [-0.15, -0.1) is 0 Å². The molecule has 1 N–H and O–H groups in total. The zero-order valence-electron chi connectivity index (χ0n) is 10.7. The topological polar surface area (TPSA) is 48.7 Å². The van der Waals surface area contributed by atoms with Crippen molar-refractivity contribution in [2.75, 3.05) is 11.9 Å². The second-order valence-corrected chi connectivity index (χ2v) is 4.52. The van der Waals surface area contributed by atoms with Crippen molar-refractivity contribution in [3.05, 3.63) is 47.0 Å².